The molecule has 3 aromatic rings. The Balaban J connectivity index is 1.39. The maximum Gasteiger partial charge on any atom is 0.267 e. The first-order valence-electron chi connectivity index (χ1n) is 9.71. The standard InChI is InChI=1S/C22H21N3O4/c1-14-23-21(29-24-14)17-12-25(11-16(17)15-7-3-2-4-8-15)22(26)20-13-27-18-9-5-6-10-19(18)28-20/h2-10,16-17,20H,11-13H2,1H3/t16-,17-,20+/m1/s1. The first-order chi connectivity index (χ1) is 14.2. The van der Waals surface area contributed by atoms with Gasteiger partial charge in [0, 0.05) is 19.0 Å². The quantitative estimate of drug-likeness (QED) is 0.683. The third-order valence-electron chi connectivity index (χ3n) is 5.50. The molecule has 0 radical (unpaired) electrons. The van der Waals surface area contributed by atoms with Gasteiger partial charge in [-0.3, -0.25) is 4.79 Å². The van der Waals surface area contributed by atoms with Gasteiger partial charge in [-0.05, 0) is 24.6 Å². The van der Waals surface area contributed by atoms with Gasteiger partial charge in [0.15, 0.2) is 17.3 Å². The maximum absolute atomic E-state index is 13.2. The number of hydrogen-bond acceptors (Lipinski definition) is 6. The van der Waals surface area contributed by atoms with Crippen LogP contribution in [0.25, 0.3) is 0 Å². The van der Waals surface area contributed by atoms with E-state index in [4.69, 9.17) is 14.0 Å². The number of amides is 1. The highest BCUT2D eigenvalue weighted by Gasteiger charge is 2.43. The van der Waals surface area contributed by atoms with E-state index in [0.717, 1.165) is 5.56 Å². The number of benzene rings is 2. The molecule has 2 aliphatic heterocycles. The van der Waals surface area contributed by atoms with Crippen LogP contribution in [0.1, 0.15) is 29.1 Å². The first kappa shape index (κ1) is 17.7. The summed E-state index contributed by atoms with van der Waals surface area (Å²) in [5, 5.41) is 3.94. The van der Waals surface area contributed by atoms with Gasteiger partial charge in [-0.1, -0.05) is 47.6 Å². The third-order valence-corrected chi connectivity index (χ3v) is 5.50. The fraction of sp³-hybridized carbons (Fsp3) is 0.318. The minimum atomic E-state index is -0.663. The number of ether oxygens (including phenoxy) is 2. The highest BCUT2D eigenvalue weighted by molar-refractivity contribution is 5.82. The molecule has 3 atom stereocenters. The number of fused-ring (bicyclic) bond motifs is 1. The van der Waals surface area contributed by atoms with Gasteiger partial charge < -0.3 is 18.9 Å². The molecular weight excluding hydrogens is 370 g/mol. The van der Waals surface area contributed by atoms with Crippen LogP contribution in [0.2, 0.25) is 0 Å². The van der Waals surface area contributed by atoms with E-state index in [9.17, 15) is 4.79 Å². The lowest BCUT2D eigenvalue weighted by atomic mass is 9.89. The number of carbonyl (C=O) groups excluding carboxylic acids is 1. The van der Waals surface area contributed by atoms with Crippen molar-refractivity contribution in [1.82, 2.24) is 15.0 Å². The molecule has 5 rings (SSSR count). The third kappa shape index (κ3) is 3.33. The van der Waals surface area contributed by atoms with Crippen LogP contribution in [0.3, 0.4) is 0 Å². The lowest BCUT2D eigenvalue weighted by molar-refractivity contribution is -0.140. The van der Waals surface area contributed by atoms with Gasteiger partial charge in [-0.2, -0.15) is 4.98 Å². The van der Waals surface area contributed by atoms with Crippen molar-refractivity contribution in [3.8, 4) is 11.5 Å². The molecule has 29 heavy (non-hydrogen) atoms. The molecule has 1 aromatic heterocycles. The van der Waals surface area contributed by atoms with Crippen molar-refractivity contribution in [1.29, 1.82) is 0 Å². The molecule has 7 nitrogen and oxygen atoms in total. The van der Waals surface area contributed by atoms with E-state index in [-0.39, 0.29) is 24.3 Å². The fourth-order valence-corrected chi connectivity index (χ4v) is 4.08. The zero-order chi connectivity index (χ0) is 19.8. The number of para-hydroxylation sites is 2. The van der Waals surface area contributed by atoms with E-state index in [1.807, 2.05) is 47.4 Å². The first-order valence-corrected chi connectivity index (χ1v) is 9.71. The smallest absolute Gasteiger partial charge is 0.267 e. The van der Waals surface area contributed by atoms with Crippen molar-refractivity contribution in [2.75, 3.05) is 19.7 Å². The van der Waals surface area contributed by atoms with E-state index < -0.39 is 6.10 Å². The van der Waals surface area contributed by atoms with Crippen LogP contribution in [0, 0.1) is 6.92 Å². The van der Waals surface area contributed by atoms with Crippen molar-refractivity contribution >= 4 is 5.91 Å². The molecule has 148 valence electrons. The Kier molecular flexibility index (Phi) is 4.42. The van der Waals surface area contributed by atoms with Crippen molar-refractivity contribution in [2.45, 2.75) is 24.9 Å². The Bertz CT molecular complexity index is 1020. The second kappa shape index (κ2) is 7.24. The van der Waals surface area contributed by atoms with Crippen molar-refractivity contribution in [3.05, 3.63) is 71.9 Å². The van der Waals surface area contributed by atoms with Crippen molar-refractivity contribution < 1.29 is 18.8 Å². The van der Waals surface area contributed by atoms with Gasteiger partial charge >= 0.3 is 0 Å². The van der Waals surface area contributed by atoms with Crippen LogP contribution in [-0.4, -0.2) is 46.7 Å². The summed E-state index contributed by atoms with van der Waals surface area (Å²) in [4.78, 5) is 19.5. The molecule has 1 fully saturated rings. The summed E-state index contributed by atoms with van der Waals surface area (Å²) in [6, 6.07) is 17.5. The zero-order valence-electron chi connectivity index (χ0n) is 16.0. The van der Waals surface area contributed by atoms with Crippen molar-refractivity contribution in [2.24, 2.45) is 0 Å². The summed E-state index contributed by atoms with van der Waals surface area (Å²) in [5.74, 6) is 2.37. The number of aryl methyl sites for hydroxylation is 1. The molecule has 0 unspecified atom stereocenters. The predicted octanol–water partition coefficient (Wildman–Crippen LogP) is 2.93. The van der Waals surface area contributed by atoms with E-state index in [2.05, 4.69) is 22.3 Å². The predicted molar refractivity (Wildman–Crippen MR) is 104 cm³/mol. The van der Waals surface area contributed by atoms with Gasteiger partial charge in [-0.25, -0.2) is 0 Å². The topological polar surface area (TPSA) is 77.7 Å². The average Bonchev–Trinajstić information content (AvgIpc) is 3.40. The number of carbonyl (C=O) groups is 1. The Hall–Kier alpha value is -3.35. The molecule has 7 heteroatoms. The van der Waals surface area contributed by atoms with Gasteiger partial charge in [-0.15, -0.1) is 0 Å². The van der Waals surface area contributed by atoms with Gasteiger partial charge in [0.25, 0.3) is 5.91 Å². The number of aromatic nitrogens is 2. The summed E-state index contributed by atoms with van der Waals surface area (Å²) in [6.45, 7) is 3.07. The number of hydrogen-bond donors (Lipinski definition) is 0. The highest BCUT2D eigenvalue weighted by Crippen LogP contribution is 2.40. The Morgan fingerprint density at radius 2 is 1.72 bits per heavy atom. The summed E-state index contributed by atoms with van der Waals surface area (Å²) < 4.78 is 17.1. The Labute approximate surface area is 168 Å². The monoisotopic (exact) mass is 391 g/mol. The highest BCUT2D eigenvalue weighted by atomic mass is 16.6. The number of nitrogens with zero attached hydrogens (tertiary/aromatic N) is 3. The molecular formula is C22H21N3O4. The van der Waals surface area contributed by atoms with Crippen molar-refractivity contribution in [3.63, 3.8) is 0 Å². The number of likely N-dealkylation sites (tertiary alicyclic amines) is 1. The van der Waals surface area contributed by atoms with E-state index in [1.165, 1.54) is 0 Å². The van der Waals surface area contributed by atoms with Gasteiger partial charge in [0.2, 0.25) is 12.0 Å². The van der Waals surface area contributed by atoms with E-state index in [0.29, 0.717) is 36.3 Å². The number of rotatable bonds is 3. The second-order valence-corrected chi connectivity index (χ2v) is 7.41. The fourth-order valence-electron chi connectivity index (χ4n) is 4.08. The second-order valence-electron chi connectivity index (χ2n) is 7.41. The summed E-state index contributed by atoms with van der Waals surface area (Å²) in [7, 11) is 0. The Morgan fingerprint density at radius 3 is 2.48 bits per heavy atom. The molecule has 2 aliphatic rings. The lowest BCUT2D eigenvalue weighted by Crippen LogP contribution is -2.45. The normalized spacial score (nSPS) is 23.2. The van der Waals surface area contributed by atoms with Gasteiger partial charge in [0.1, 0.15) is 6.61 Å². The molecule has 0 N–H and O–H groups in total. The zero-order valence-corrected chi connectivity index (χ0v) is 16.0. The van der Waals surface area contributed by atoms with Gasteiger partial charge in [0.05, 0.1) is 5.92 Å². The summed E-state index contributed by atoms with van der Waals surface area (Å²) in [5.41, 5.74) is 1.15. The van der Waals surface area contributed by atoms with E-state index >= 15 is 0 Å². The van der Waals surface area contributed by atoms with E-state index in [1.54, 1.807) is 6.92 Å². The molecule has 0 spiro atoms. The van der Waals surface area contributed by atoms with Crippen LogP contribution >= 0.6 is 0 Å². The van der Waals surface area contributed by atoms with Crippen LogP contribution in [0.4, 0.5) is 0 Å². The molecule has 2 aromatic carbocycles. The SMILES string of the molecule is Cc1noc([C@@H]2CN(C(=O)[C@@H]3COc4ccccc4O3)C[C@@H]2c2ccccc2)n1. The minimum Gasteiger partial charge on any atom is -0.485 e. The molecule has 3 heterocycles. The molecule has 0 saturated carbocycles. The summed E-state index contributed by atoms with van der Waals surface area (Å²) in [6.07, 6.45) is -0.663. The average molecular weight is 391 g/mol. The summed E-state index contributed by atoms with van der Waals surface area (Å²) >= 11 is 0. The van der Waals surface area contributed by atoms with Crippen LogP contribution in [0.5, 0.6) is 11.5 Å². The minimum absolute atomic E-state index is 0.0562. The molecule has 0 bridgehead atoms. The molecule has 0 aliphatic carbocycles. The van der Waals surface area contributed by atoms with Crippen LogP contribution in [-0.2, 0) is 4.79 Å². The Morgan fingerprint density at radius 1 is 1.00 bits per heavy atom. The molecule has 1 amide bonds. The van der Waals surface area contributed by atoms with Crippen LogP contribution in [0.15, 0.2) is 59.1 Å². The van der Waals surface area contributed by atoms with Crippen LogP contribution < -0.4 is 9.47 Å². The lowest BCUT2D eigenvalue weighted by Gasteiger charge is -2.28. The largest absolute Gasteiger partial charge is 0.485 e. The molecule has 1 saturated heterocycles. The maximum atomic E-state index is 13.2.